The Bertz CT molecular complexity index is 511. The highest BCUT2D eigenvalue weighted by atomic mass is 79.9. The largest absolute Gasteiger partial charge is 0.481 e. The number of benzene rings is 1. The number of hydrogen-bond donors (Lipinski definition) is 3. The first-order chi connectivity index (χ1) is 9.36. The first kappa shape index (κ1) is 16.2. The SMILES string of the molecule is Cc1cc(Br)cc(NC(=O)NC(=O)CCCC(=O)O)c1. The lowest BCUT2D eigenvalue weighted by molar-refractivity contribution is -0.137. The fraction of sp³-hybridized carbons (Fsp3) is 0.308. The van der Waals surface area contributed by atoms with Crippen molar-refractivity contribution >= 4 is 39.5 Å². The molecule has 0 aromatic heterocycles. The Morgan fingerprint density at radius 1 is 1.20 bits per heavy atom. The molecule has 7 heteroatoms. The van der Waals surface area contributed by atoms with Crippen LogP contribution < -0.4 is 10.6 Å². The van der Waals surface area contributed by atoms with E-state index < -0.39 is 17.9 Å². The predicted octanol–water partition coefficient (Wildman–Crippen LogP) is 2.66. The molecular formula is C13H15BrN2O4. The van der Waals surface area contributed by atoms with Crippen LogP contribution in [0.3, 0.4) is 0 Å². The number of rotatable bonds is 5. The van der Waals surface area contributed by atoms with E-state index in [0.717, 1.165) is 10.0 Å². The highest BCUT2D eigenvalue weighted by Gasteiger charge is 2.09. The van der Waals surface area contributed by atoms with E-state index in [1.54, 1.807) is 12.1 Å². The van der Waals surface area contributed by atoms with Crippen LogP contribution in [-0.2, 0) is 9.59 Å². The molecule has 0 fully saturated rings. The minimum absolute atomic E-state index is 0.00275. The van der Waals surface area contributed by atoms with Crippen LogP contribution in [0, 0.1) is 6.92 Å². The van der Waals surface area contributed by atoms with Gasteiger partial charge in [-0.2, -0.15) is 0 Å². The number of anilines is 1. The second-order valence-electron chi connectivity index (χ2n) is 4.27. The van der Waals surface area contributed by atoms with Crippen LogP contribution in [0.25, 0.3) is 0 Å². The molecule has 0 unspecified atom stereocenters. The average molecular weight is 343 g/mol. The molecule has 1 aromatic rings. The molecule has 0 atom stereocenters. The first-order valence-corrected chi connectivity index (χ1v) is 6.76. The van der Waals surface area contributed by atoms with Gasteiger partial charge in [-0.25, -0.2) is 4.79 Å². The maximum atomic E-state index is 11.6. The van der Waals surface area contributed by atoms with E-state index in [-0.39, 0.29) is 19.3 Å². The summed E-state index contributed by atoms with van der Waals surface area (Å²) in [7, 11) is 0. The summed E-state index contributed by atoms with van der Waals surface area (Å²) in [6, 6.07) is 4.73. The Hall–Kier alpha value is -1.89. The Labute approximate surface area is 124 Å². The van der Waals surface area contributed by atoms with Crippen LogP contribution >= 0.6 is 15.9 Å². The zero-order valence-electron chi connectivity index (χ0n) is 10.9. The lowest BCUT2D eigenvalue weighted by Crippen LogP contribution is -2.34. The molecule has 0 spiro atoms. The monoisotopic (exact) mass is 342 g/mol. The number of amides is 3. The molecule has 3 N–H and O–H groups in total. The second kappa shape index (κ2) is 7.64. The predicted molar refractivity (Wildman–Crippen MR) is 77.5 cm³/mol. The third-order valence-corrected chi connectivity index (χ3v) is 2.81. The van der Waals surface area contributed by atoms with E-state index >= 15 is 0 Å². The molecule has 20 heavy (non-hydrogen) atoms. The molecule has 0 radical (unpaired) electrons. The summed E-state index contributed by atoms with van der Waals surface area (Å²) in [5.74, 6) is -1.47. The molecular weight excluding hydrogens is 328 g/mol. The van der Waals surface area contributed by atoms with Gasteiger partial charge in [0, 0.05) is 23.0 Å². The van der Waals surface area contributed by atoms with Crippen LogP contribution in [0.2, 0.25) is 0 Å². The number of imide groups is 1. The minimum Gasteiger partial charge on any atom is -0.481 e. The summed E-state index contributed by atoms with van der Waals surface area (Å²) < 4.78 is 0.820. The van der Waals surface area contributed by atoms with Crippen LogP contribution in [0.5, 0.6) is 0 Å². The van der Waals surface area contributed by atoms with Gasteiger partial charge in [0.05, 0.1) is 0 Å². The van der Waals surface area contributed by atoms with Gasteiger partial charge in [0.1, 0.15) is 0 Å². The molecule has 1 aromatic carbocycles. The molecule has 0 aliphatic rings. The number of urea groups is 1. The van der Waals surface area contributed by atoms with Crippen molar-refractivity contribution in [1.29, 1.82) is 0 Å². The Morgan fingerprint density at radius 2 is 1.90 bits per heavy atom. The topological polar surface area (TPSA) is 95.5 Å². The van der Waals surface area contributed by atoms with Gasteiger partial charge < -0.3 is 10.4 Å². The van der Waals surface area contributed by atoms with Crippen molar-refractivity contribution in [1.82, 2.24) is 5.32 Å². The van der Waals surface area contributed by atoms with Crippen molar-refractivity contribution in [2.24, 2.45) is 0 Å². The highest BCUT2D eigenvalue weighted by molar-refractivity contribution is 9.10. The molecule has 1 rings (SSSR count). The maximum absolute atomic E-state index is 11.6. The molecule has 0 heterocycles. The molecule has 0 aliphatic heterocycles. The van der Waals surface area contributed by atoms with E-state index in [4.69, 9.17) is 5.11 Å². The van der Waals surface area contributed by atoms with Crippen molar-refractivity contribution in [2.45, 2.75) is 26.2 Å². The van der Waals surface area contributed by atoms with Gasteiger partial charge in [0.25, 0.3) is 0 Å². The Kier molecular flexibility index (Phi) is 6.17. The standard InChI is InChI=1S/C13H15BrN2O4/c1-8-5-9(14)7-10(6-8)15-13(20)16-11(17)3-2-4-12(18)19/h5-7H,2-4H2,1H3,(H,18,19)(H2,15,16,17,20). The zero-order chi connectivity index (χ0) is 15.1. The number of hydrogen-bond acceptors (Lipinski definition) is 3. The number of carboxylic acid groups (broad SMARTS) is 1. The maximum Gasteiger partial charge on any atom is 0.325 e. The molecule has 0 bridgehead atoms. The van der Waals surface area contributed by atoms with Gasteiger partial charge in [-0.3, -0.25) is 14.9 Å². The highest BCUT2D eigenvalue weighted by Crippen LogP contribution is 2.18. The van der Waals surface area contributed by atoms with Gasteiger partial charge in [-0.1, -0.05) is 15.9 Å². The normalized spacial score (nSPS) is 9.90. The van der Waals surface area contributed by atoms with Gasteiger partial charge in [-0.15, -0.1) is 0 Å². The van der Waals surface area contributed by atoms with E-state index in [1.165, 1.54) is 0 Å². The number of aliphatic carboxylic acids is 1. The van der Waals surface area contributed by atoms with Crippen molar-refractivity contribution in [3.05, 3.63) is 28.2 Å². The summed E-state index contributed by atoms with van der Waals surface area (Å²) in [6.45, 7) is 1.88. The third kappa shape index (κ3) is 6.33. The lowest BCUT2D eigenvalue weighted by Gasteiger charge is -2.08. The number of carbonyl (C=O) groups is 3. The van der Waals surface area contributed by atoms with Crippen molar-refractivity contribution in [3.8, 4) is 0 Å². The van der Waals surface area contributed by atoms with E-state index in [2.05, 4.69) is 26.6 Å². The number of carbonyl (C=O) groups excluding carboxylic acids is 2. The third-order valence-electron chi connectivity index (χ3n) is 2.35. The fourth-order valence-corrected chi connectivity index (χ4v) is 2.17. The number of carboxylic acids is 1. The van der Waals surface area contributed by atoms with Crippen molar-refractivity contribution in [2.75, 3.05) is 5.32 Å². The zero-order valence-corrected chi connectivity index (χ0v) is 12.5. The van der Waals surface area contributed by atoms with Crippen molar-refractivity contribution < 1.29 is 19.5 Å². The number of aryl methyl sites for hydroxylation is 1. The molecule has 108 valence electrons. The van der Waals surface area contributed by atoms with E-state index in [1.807, 2.05) is 13.0 Å². The molecule has 0 aliphatic carbocycles. The fourth-order valence-electron chi connectivity index (χ4n) is 1.56. The minimum atomic E-state index is -0.966. The number of halogens is 1. The van der Waals surface area contributed by atoms with Crippen LogP contribution in [0.1, 0.15) is 24.8 Å². The summed E-state index contributed by atoms with van der Waals surface area (Å²) in [5, 5.41) is 13.1. The smallest absolute Gasteiger partial charge is 0.325 e. The summed E-state index contributed by atoms with van der Waals surface area (Å²) in [5.41, 5.74) is 1.52. The van der Waals surface area contributed by atoms with Crippen LogP contribution in [-0.4, -0.2) is 23.0 Å². The molecule has 0 saturated carbocycles. The second-order valence-corrected chi connectivity index (χ2v) is 5.18. The summed E-state index contributed by atoms with van der Waals surface area (Å²) in [6.07, 6.45) is 0.0987. The number of nitrogens with one attached hydrogen (secondary N) is 2. The first-order valence-electron chi connectivity index (χ1n) is 5.96. The van der Waals surface area contributed by atoms with Gasteiger partial charge >= 0.3 is 12.0 Å². The van der Waals surface area contributed by atoms with E-state index in [0.29, 0.717) is 5.69 Å². The van der Waals surface area contributed by atoms with Gasteiger partial charge in [0.15, 0.2) is 0 Å². The van der Waals surface area contributed by atoms with Crippen LogP contribution in [0.15, 0.2) is 22.7 Å². The Balaban J connectivity index is 2.43. The lowest BCUT2D eigenvalue weighted by atomic mass is 10.2. The average Bonchev–Trinajstić information content (AvgIpc) is 2.25. The van der Waals surface area contributed by atoms with Crippen LogP contribution in [0.4, 0.5) is 10.5 Å². The summed E-state index contributed by atoms with van der Waals surface area (Å²) >= 11 is 3.31. The van der Waals surface area contributed by atoms with Gasteiger partial charge in [0.2, 0.25) is 5.91 Å². The molecule has 0 saturated heterocycles. The summed E-state index contributed by atoms with van der Waals surface area (Å²) in [4.78, 5) is 33.2. The van der Waals surface area contributed by atoms with Crippen molar-refractivity contribution in [3.63, 3.8) is 0 Å². The molecule has 3 amide bonds. The molecule has 6 nitrogen and oxygen atoms in total. The Morgan fingerprint density at radius 3 is 2.50 bits per heavy atom. The quantitative estimate of drug-likeness (QED) is 0.766. The van der Waals surface area contributed by atoms with E-state index in [9.17, 15) is 14.4 Å². The van der Waals surface area contributed by atoms with Gasteiger partial charge in [-0.05, 0) is 37.1 Å².